The zero-order valence-electron chi connectivity index (χ0n) is 12.1. The fourth-order valence-electron chi connectivity index (χ4n) is 2.95. The van der Waals surface area contributed by atoms with Crippen LogP contribution in [0.15, 0.2) is 30.3 Å². The lowest BCUT2D eigenvalue weighted by Gasteiger charge is -2.32. The number of aliphatic hydroxyl groups excluding tert-OH is 1. The predicted octanol–water partition coefficient (Wildman–Crippen LogP) is 1.96. The van der Waals surface area contributed by atoms with Gasteiger partial charge in [0.15, 0.2) is 0 Å². The highest BCUT2D eigenvalue weighted by atomic mass is 16.3. The fraction of sp³-hybridized carbons (Fsp3) is 0.625. The molecule has 0 amide bonds. The molecule has 1 fully saturated rings. The molecule has 1 atom stereocenters. The monoisotopic (exact) mass is 262 g/mol. The first kappa shape index (κ1) is 14.5. The molecule has 1 N–H and O–H groups in total. The van der Waals surface area contributed by atoms with Crippen molar-refractivity contribution in [1.29, 1.82) is 0 Å². The van der Waals surface area contributed by atoms with Crippen LogP contribution < -0.4 is 0 Å². The van der Waals surface area contributed by atoms with Crippen molar-refractivity contribution < 1.29 is 5.11 Å². The van der Waals surface area contributed by atoms with E-state index in [1.54, 1.807) is 0 Å². The smallest absolute Gasteiger partial charge is 0.0558 e. The van der Waals surface area contributed by atoms with Gasteiger partial charge in [-0.05, 0) is 32.4 Å². The van der Waals surface area contributed by atoms with Gasteiger partial charge in [-0.15, -0.1) is 0 Å². The third kappa shape index (κ3) is 4.03. The summed E-state index contributed by atoms with van der Waals surface area (Å²) < 4.78 is 0. The van der Waals surface area contributed by atoms with E-state index in [4.69, 9.17) is 5.11 Å². The SMILES string of the molecule is CC(C)N(Cc1ccccc1)C1CCN(CCO)C1. The maximum Gasteiger partial charge on any atom is 0.0558 e. The molecule has 1 saturated heterocycles. The van der Waals surface area contributed by atoms with E-state index in [-0.39, 0.29) is 6.61 Å². The Morgan fingerprint density at radius 1 is 1.32 bits per heavy atom. The molecule has 0 bridgehead atoms. The minimum atomic E-state index is 0.271. The number of rotatable bonds is 6. The standard InChI is InChI=1S/C16H26N2O/c1-14(2)18(12-15-6-4-3-5-7-15)16-8-9-17(13-16)10-11-19/h3-7,14,16,19H,8-13H2,1-2H3. The summed E-state index contributed by atoms with van der Waals surface area (Å²) in [6.07, 6.45) is 1.21. The van der Waals surface area contributed by atoms with Gasteiger partial charge in [-0.25, -0.2) is 0 Å². The first-order valence-electron chi connectivity index (χ1n) is 7.33. The van der Waals surface area contributed by atoms with Crippen molar-refractivity contribution in [2.45, 2.75) is 38.9 Å². The Morgan fingerprint density at radius 3 is 2.68 bits per heavy atom. The fourth-order valence-corrected chi connectivity index (χ4v) is 2.95. The Balaban J connectivity index is 1.97. The van der Waals surface area contributed by atoms with Gasteiger partial charge in [-0.1, -0.05) is 30.3 Å². The van der Waals surface area contributed by atoms with E-state index in [1.165, 1.54) is 12.0 Å². The molecule has 1 unspecified atom stereocenters. The average Bonchev–Trinajstić information content (AvgIpc) is 2.85. The number of aliphatic hydroxyl groups is 1. The molecule has 1 aromatic carbocycles. The van der Waals surface area contributed by atoms with Crippen LogP contribution in [0.1, 0.15) is 25.8 Å². The van der Waals surface area contributed by atoms with Crippen LogP contribution in [0.2, 0.25) is 0 Å². The molecule has 0 aliphatic carbocycles. The summed E-state index contributed by atoms with van der Waals surface area (Å²) in [7, 11) is 0. The Hall–Kier alpha value is -0.900. The minimum absolute atomic E-state index is 0.271. The van der Waals surface area contributed by atoms with Gasteiger partial charge in [0.25, 0.3) is 0 Å². The van der Waals surface area contributed by atoms with Crippen LogP contribution in [0.25, 0.3) is 0 Å². The topological polar surface area (TPSA) is 26.7 Å². The lowest BCUT2D eigenvalue weighted by molar-refractivity contribution is 0.139. The Kier molecular flexibility index (Phi) is 5.37. The van der Waals surface area contributed by atoms with Crippen LogP contribution >= 0.6 is 0 Å². The molecule has 19 heavy (non-hydrogen) atoms. The maximum absolute atomic E-state index is 9.04. The quantitative estimate of drug-likeness (QED) is 0.849. The van der Waals surface area contributed by atoms with E-state index >= 15 is 0 Å². The largest absolute Gasteiger partial charge is 0.395 e. The van der Waals surface area contributed by atoms with Crippen molar-refractivity contribution in [3.8, 4) is 0 Å². The highest BCUT2D eigenvalue weighted by molar-refractivity contribution is 5.14. The van der Waals surface area contributed by atoms with Crippen LogP contribution in [-0.2, 0) is 6.54 Å². The normalized spacial score (nSPS) is 20.6. The lowest BCUT2D eigenvalue weighted by Crippen LogP contribution is -2.41. The molecule has 0 spiro atoms. The Labute approximate surface area is 116 Å². The van der Waals surface area contributed by atoms with Crippen molar-refractivity contribution in [1.82, 2.24) is 9.80 Å². The van der Waals surface area contributed by atoms with Crippen LogP contribution in [0, 0.1) is 0 Å². The third-order valence-corrected chi connectivity index (χ3v) is 4.00. The Morgan fingerprint density at radius 2 is 2.05 bits per heavy atom. The van der Waals surface area contributed by atoms with Gasteiger partial charge >= 0.3 is 0 Å². The van der Waals surface area contributed by atoms with Gasteiger partial charge < -0.3 is 5.11 Å². The maximum atomic E-state index is 9.04. The minimum Gasteiger partial charge on any atom is -0.395 e. The molecule has 106 valence electrons. The van der Waals surface area contributed by atoms with Crippen LogP contribution in [0.5, 0.6) is 0 Å². The zero-order chi connectivity index (χ0) is 13.7. The van der Waals surface area contributed by atoms with Gasteiger partial charge in [0.1, 0.15) is 0 Å². The van der Waals surface area contributed by atoms with Crippen molar-refractivity contribution in [2.24, 2.45) is 0 Å². The molecule has 0 saturated carbocycles. The highest BCUT2D eigenvalue weighted by Crippen LogP contribution is 2.20. The summed E-state index contributed by atoms with van der Waals surface area (Å²) in [4.78, 5) is 4.96. The van der Waals surface area contributed by atoms with E-state index in [0.717, 1.165) is 26.2 Å². The molecule has 0 aromatic heterocycles. The number of likely N-dealkylation sites (tertiary alicyclic amines) is 1. The van der Waals surface area contributed by atoms with Crippen LogP contribution in [0.4, 0.5) is 0 Å². The van der Waals surface area contributed by atoms with E-state index < -0.39 is 0 Å². The number of hydrogen-bond donors (Lipinski definition) is 1. The summed E-state index contributed by atoms with van der Waals surface area (Å²) in [6.45, 7) is 8.86. The Bertz CT molecular complexity index is 366. The molecular formula is C16H26N2O. The highest BCUT2D eigenvalue weighted by Gasteiger charge is 2.28. The molecule has 1 heterocycles. The summed E-state index contributed by atoms with van der Waals surface area (Å²) in [6, 6.07) is 11.9. The second-order valence-corrected chi connectivity index (χ2v) is 5.72. The predicted molar refractivity (Wildman–Crippen MR) is 79.1 cm³/mol. The summed E-state index contributed by atoms with van der Waals surface area (Å²) in [5.41, 5.74) is 1.39. The molecule has 1 aliphatic rings. The van der Waals surface area contributed by atoms with Crippen LogP contribution in [-0.4, -0.2) is 53.2 Å². The average molecular weight is 262 g/mol. The van der Waals surface area contributed by atoms with Gasteiger partial charge in [-0.3, -0.25) is 9.80 Å². The van der Waals surface area contributed by atoms with Gasteiger partial charge in [0.2, 0.25) is 0 Å². The van der Waals surface area contributed by atoms with Gasteiger partial charge in [-0.2, -0.15) is 0 Å². The van der Waals surface area contributed by atoms with E-state index in [2.05, 4.69) is 54.0 Å². The molecule has 3 heteroatoms. The van der Waals surface area contributed by atoms with E-state index in [1.807, 2.05) is 0 Å². The molecule has 1 aliphatic heterocycles. The summed E-state index contributed by atoms with van der Waals surface area (Å²) in [5.74, 6) is 0. The van der Waals surface area contributed by atoms with Gasteiger partial charge in [0, 0.05) is 31.7 Å². The number of β-amino-alcohol motifs (C(OH)–C–C–N with tert-alkyl or cyclic N) is 1. The van der Waals surface area contributed by atoms with Crippen LogP contribution in [0.3, 0.4) is 0 Å². The van der Waals surface area contributed by atoms with Gasteiger partial charge in [0.05, 0.1) is 6.61 Å². The summed E-state index contributed by atoms with van der Waals surface area (Å²) in [5, 5.41) is 9.04. The summed E-state index contributed by atoms with van der Waals surface area (Å²) >= 11 is 0. The molecule has 2 rings (SSSR count). The first-order valence-corrected chi connectivity index (χ1v) is 7.33. The second-order valence-electron chi connectivity index (χ2n) is 5.72. The van der Waals surface area contributed by atoms with Crippen molar-refractivity contribution in [3.63, 3.8) is 0 Å². The first-order chi connectivity index (χ1) is 9.20. The molecule has 3 nitrogen and oxygen atoms in total. The third-order valence-electron chi connectivity index (χ3n) is 4.00. The van der Waals surface area contributed by atoms with Crippen molar-refractivity contribution >= 4 is 0 Å². The number of nitrogens with zero attached hydrogens (tertiary/aromatic N) is 2. The molecule has 1 aromatic rings. The van der Waals surface area contributed by atoms with Crippen molar-refractivity contribution in [2.75, 3.05) is 26.2 Å². The van der Waals surface area contributed by atoms with Crippen molar-refractivity contribution in [3.05, 3.63) is 35.9 Å². The van der Waals surface area contributed by atoms with E-state index in [0.29, 0.717) is 12.1 Å². The number of benzene rings is 1. The molecule has 0 radical (unpaired) electrons. The lowest BCUT2D eigenvalue weighted by atomic mass is 10.1. The van der Waals surface area contributed by atoms with E-state index in [9.17, 15) is 0 Å². The molecular weight excluding hydrogens is 236 g/mol. The number of hydrogen-bond acceptors (Lipinski definition) is 3. The zero-order valence-corrected chi connectivity index (χ0v) is 12.1. The second kappa shape index (κ2) is 7.04.